The lowest BCUT2D eigenvalue weighted by molar-refractivity contribution is -0.0175. The Balaban J connectivity index is 3.94. The van der Waals surface area contributed by atoms with Crippen LogP contribution in [0.4, 0.5) is 4.79 Å². The van der Waals surface area contributed by atoms with Gasteiger partial charge in [0, 0.05) is 26.3 Å². The summed E-state index contributed by atoms with van der Waals surface area (Å²) in [6, 6.07) is 0. The van der Waals surface area contributed by atoms with Crippen LogP contribution in [0.15, 0.2) is 12.2 Å². The van der Waals surface area contributed by atoms with E-state index >= 15 is 0 Å². The van der Waals surface area contributed by atoms with E-state index in [9.17, 15) is 4.79 Å². The van der Waals surface area contributed by atoms with Crippen LogP contribution in [0.5, 0.6) is 0 Å². The number of nitrogens with one attached hydrogen (secondary N) is 1. The van der Waals surface area contributed by atoms with E-state index in [1.165, 1.54) is 154 Å². The van der Waals surface area contributed by atoms with Crippen LogP contribution in [0.25, 0.3) is 0 Å². The number of alkyl carbamates (subject to hydrolysis) is 1. The molecule has 0 aliphatic heterocycles. The zero-order valence-corrected chi connectivity index (χ0v) is 31.4. The minimum Gasteiger partial charge on any atom is -0.448 e. The van der Waals surface area contributed by atoms with E-state index in [-0.39, 0.29) is 12.2 Å². The Hall–Kier alpha value is -1.11. The number of hydrogen-bond donors (Lipinski definition) is 1. The van der Waals surface area contributed by atoms with Gasteiger partial charge in [0.1, 0.15) is 6.61 Å². The third kappa shape index (κ3) is 37.3. The van der Waals surface area contributed by atoms with Crippen molar-refractivity contribution in [1.29, 1.82) is 0 Å². The van der Waals surface area contributed by atoms with Crippen LogP contribution in [-0.2, 0) is 14.2 Å². The Kier molecular flexibility index (Phi) is 37.4. The van der Waals surface area contributed by atoms with Crippen molar-refractivity contribution >= 4 is 6.09 Å². The summed E-state index contributed by atoms with van der Waals surface area (Å²) < 4.78 is 17.4. The Morgan fingerprint density at radius 2 is 1.02 bits per heavy atom. The van der Waals surface area contributed by atoms with E-state index < -0.39 is 0 Å². The Morgan fingerprint density at radius 1 is 0.587 bits per heavy atom. The zero-order chi connectivity index (χ0) is 33.6. The first-order chi connectivity index (χ1) is 22.6. The second-order valence-electron chi connectivity index (χ2n) is 13.7. The lowest BCUT2D eigenvalue weighted by Gasteiger charge is -2.19. The summed E-state index contributed by atoms with van der Waals surface area (Å²) in [5.74, 6) is 0. The topological polar surface area (TPSA) is 60.0 Å². The number of unbranched alkanes of at least 4 members (excludes halogenated alkanes) is 23. The largest absolute Gasteiger partial charge is 0.448 e. The molecule has 0 fully saturated rings. The Morgan fingerprint density at radius 3 is 1.50 bits per heavy atom. The van der Waals surface area contributed by atoms with Crippen molar-refractivity contribution in [2.24, 2.45) is 0 Å². The van der Waals surface area contributed by atoms with Crippen LogP contribution >= 0.6 is 0 Å². The molecule has 1 amide bonds. The van der Waals surface area contributed by atoms with Crippen LogP contribution in [0, 0.1) is 0 Å². The Bertz CT molecular complexity index is 628. The number of hydrogen-bond acceptors (Lipinski definition) is 5. The van der Waals surface area contributed by atoms with Gasteiger partial charge in [0.2, 0.25) is 0 Å². The third-order valence-electron chi connectivity index (χ3n) is 8.70. The second-order valence-corrected chi connectivity index (χ2v) is 13.7. The van der Waals surface area contributed by atoms with Gasteiger partial charge in [-0.3, -0.25) is 0 Å². The molecule has 0 rings (SSSR count). The number of carbonyl (C=O) groups excluding carboxylic acids is 1. The molecule has 0 saturated carbocycles. The lowest BCUT2D eigenvalue weighted by Crippen LogP contribution is -2.37. The van der Waals surface area contributed by atoms with Crippen LogP contribution in [-0.4, -0.2) is 70.7 Å². The van der Waals surface area contributed by atoms with Gasteiger partial charge in [-0.15, -0.1) is 0 Å². The summed E-state index contributed by atoms with van der Waals surface area (Å²) in [6.07, 6.45) is 38.6. The average molecular weight is 653 g/mol. The van der Waals surface area contributed by atoms with Crippen molar-refractivity contribution < 1.29 is 19.0 Å². The summed E-state index contributed by atoms with van der Waals surface area (Å²) in [7, 11) is 3.93. The first kappa shape index (κ1) is 44.9. The molecular formula is C40H80N2O4. The van der Waals surface area contributed by atoms with Gasteiger partial charge in [-0.2, -0.15) is 0 Å². The van der Waals surface area contributed by atoms with Gasteiger partial charge in [-0.05, 0) is 52.6 Å². The highest BCUT2D eigenvalue weighted by molar-refractivity contribution is 5.67. The van der Waals surface area contributed by atoms with Gasteiger partial charge >= 0.3 is 6.09 Å². The number of likely N-dealkylation sites (N-methyl/N-ethyl adjacent to an activating group) is 1. The van der Waals surface area contributed by atoms with Gasteiger partial charge in [0.05, 0.1) is 12.7 Å². The first-order valence-electron chi connectivity index (χ1n) is 20.0. The average Bonchev–Trinajstić information content (AvgIpc) is 3.04. The predicted octanol–water partition coefficient (Wildman–Crippen LogP) is 11.4. The number of amides is 1. The third-order valence-corrected chi connectivity index (χ3v) is 8.70. The molecule has 0 saturated heterocycles. The number of rotatable bonds is 37. The van der Waals surface area contributed by atoms with Crippen molar-refractivity contribution in [3.8, 4) is 0 Å². The molecule has 0 bridgehead atoms. The highest BCUT2D eigenvalue weighted by Crippen LogP contribution is 2.13. The Labute approximate surface area is 287 Å². The van der Waals surface area contributed by atoms with Crippen molar-refractivity contribution in [3.05, 3.63) is 12.2 Å². The molecule has 46 heavy (non-hydrogen) atoms. The number of carbonyl (C=O) groups is 1. The monoisotopic (exact) mass is 653 g/mol. The van der Waals surface area contributed by atoms with Crippen molar-refractivity contribution in [1.82, 2.24) is 10.2 Å². The molecule has 1 N–H and O–H groups in total. The predicted molar refractivity (Wildman–Crippen MR) is 199 cm³/mol. The smallest absolute Gasteiger partial charge is 0.407 e. The first-order valence-corrected chi connectivity index (χ1v) is 20.0. The molecule has 1 atom stereocenters. The maximum Gasteiger partial charge on any atom is 0.407 e. The molecule has 0 aromatic carbocycles. The van der Waals surface area contributed by atoms with E-state index in [1.54, 1.807) is 0 Å². The minimum absolute atomic E-state index is 0.137. The maximum atomic E-state index is 12.1. The van der Waals surface area contributed by atoms with Crippen LogP contribution in [0.3, 0.4) is 0 Å². The summed E-state index contributed by atoms with van der Waals surface area (Å²) in [5, 5.41) is 2.87. The lowest BCUT2D eigenvalue weighted by atomic mass is 10.1. The van der Waals surface area contributed by atoms with Crippen LogP contribution in [0.1, 0.15) is 181 Å². The normalized spacial score (nSPS) is 12.4. The minimum atomic E-state index is -0.381. The highest BCUT2D eigenvalue weighted by atomic mass is 16.6. The van der Waals surface area contributed by atoms with Gasteiger partial charge < -0.3 is 24.4 Å². The van der Waals surface area contributed by atoms with Gasteiger partial charge in [-0.25, -0.2) is 4.79 Å². The molecule has 0 spiro atoms. The molecule has 0 radical (unpaired) electrons. The van der Waals surface area contributed by atoms with Crippen molar-refractivity contribution in [2.75, 3.05) is 53.6 Å². The summed E-state index contributed by atoms with van der Waals surface area (Å²) in [4.78, 5) is 14.1. The molecule has 0 aromatic heterocycles. The van der Waals surface area contributed by atoms with Gasteiger partial charge in [0.25, 0.3) is 0 Å². The molecule has 0 aromatic rings. The second kappa shape index (κ2) is 38.3. The fraction of sp³-hybridized carbons (Fsp3) is 0.925. The molecule has 6 heteroatoms. The quantitative estimate of drug-likeness (QED) is 0.0534. The molecular weight excluding hydrogens is 572 g/mol. The van der Waals surface area contributed by atoms with E-state index in [0.717, 1.165) is 19.4 Å². The van der Waals surface area contributed by atoms with E-state index in [2.05, 4.69) is 31.3 Å². The van der Waals surface area contributed by atoms with Crippen LogP contribution < -0.4 is 5.32 Å². The molecule has 0 aliphatic rings. The number of ether oxygens (including phenoxy) is 3. The molecule has 0 heterocycles. The maximum absolute atomic E-state index is 12.1. The summed E-state index contributed by atoms with van der Waals surface area (Å²) in [6.45, 7) is 8.07. The zero-order valence-electron chi connectivity index (χ0n) is 31.4. The number of nitrogens with zero attached hydrogens (tertiary/aromatic N) is 1. The molecule has 0 aliphatic carbocycles. The van der Waals surface area contributed by atoms with E-state index in [0.29, 0.717) is 32.9 Å². The summed E-state index contributed by atoms with van der Waals surface area (Å²) in [5.41, 5.74) is 0. The van der Waals surface area contributed by atoms with Gasteiger partial charge in [-0.1, -0.05) is 154 Å². The highest BCUT2D eigenvalue weighted by Gasteiger charge is 2.12. The molecule has 1 unspecified atom stereocenters. The van der Waals surface area contributed by atoms with E-state index in [1.807, 2.05) is 19.0 Å². The van der Waals surface area contributed by atoms with Crippen molar-refractivity contribution in [3.63, 3.8) is 0 Å². The fourth-order valence-corrected chi connectivity index (χ4v) is 5.59. The van der Waals surface area contributed by atoms with Crippen LogP contribution in [0.2, 0.25) is 0 Å². The molecule has 274 valence electrons. The van der Waals surface area contributed by atoms with Gasteiger partial charge in [0.15, 0.2) is 0 Å². The standard InChI is InChI=1S/C40H80N2O4/c1-5-7-9-11-13-15-17-19-20-21-22-24-26-28-30-32-35-45-39(37-41-40(43)46-36-33-42(3)4)38-44-34-31-29-27-25-23-18-16-14-12-10-8-6-2/h19-20,39H,5-18,21-38H2,1-4H3,(H,41,43)/b20-19-. The SMILES string of the molecule is CCCCCCCC/C=C\CCCCCCCCOC(CNC(=O)OCCN(C)C)COCCCCCCCCCCCCCC. The van der Waals surface area contributed by atoms with E-state index in [4.69, 9.17) is 14.2 Å². The molecule has 6 nitrogen and oxygen atoms in total. The fourth-order valence-electron chi connectivity index (χ4n) is 5.59. The number of allylic oxidation sites excluding steroid dienone is 2. The van der Waals surface area contributed by atoms with Crippen molar-refractivity contribution in [2.45, 2.75) is 187 Å². The summed E-state index contributed by atoms with van der Waals surface area (Å²) >= 11 is 0.